The molecule has 0 radical (unpaired) electrons. The standard InChI is InChI=1S/C14H11BrClNO2/c15-10-5-3-6-11(16)14(10)17-12-7-2-1-4-9(12)8-13(18)19/h1-7,17H,8H2,(H,18,19). The van der Waals surface area contributed by atoms with Crippen molar-refractivity contribution in [2.45, 2.75) is 6.42 Å². The van der Waals surface area contributed by atoms with Crippen molar-refractivity contribution in [2.24, 2.45) is 0 Å². The van der Waals surface area contributed by atoms with Crippen LogP contribution in [0.2, 0.25) is 5.02 Å². The van der Waals surface area contributed by atoms with E-state index < -0.39 is 5.97 Å². The van der Waals surface area contributed by atoms with E-state index in [4.69, 9.17) is 16.7 Å². The SMILES string of the molecule is O=C(O)Cc1ccccc1Nc1c(Cl)cccc1Br. The maximum Gasteiger partial charge on any atom is 0.307 e. The Hall–Kier alpha value is -1.52. The van der Waals surface area contributed by atoms with Crippen molar-refractivity contribution in [1.82, 2.24) is 0 Å². The van der Waals surface area contributed by atoms with Crippen LogP contribution in [-0.2, 0) is 11.2 Å². The monoisotopic (exact) mass is 339 g/mol. The van der Waals surface area contributed by atoms with Crippen LogP contribution in [-0.4, -0.2) is 11.1 Å². The zero-order valence-corrected chi connectivity index (χ0v) is 12.2. The van der Waals surface area contributed by atoms with Gasteiger partial charge in [0, 0.05) is 10.2 Å². The van der Waals surface area contributed by atoms with Crippen LogP contribution < -0.4 is 5.32 Å². The van der Waals surface area contributed by atoms with Gasteiger partial charge < -0.3 is 10.4 Å². The highest BCUT2D eigenvalue weighted by Crippen LogP contribution is 2.33. The van der Waals surface area contributed by atoms with Gasteiger partial charge in [0.25, 0.3) is 0 Å². The van der Waals surface area contributed by atoms with Gasteiger partial charge >= 0.3 is 5.97 Å². The molecule has 2 N–H and O–H groups in total. The molecule has 0 unspecified atom stereocenters. The van der Waals surface area contributed by atoms with Crippen molar-refractivity contribution in [2.75, 3.05) is 5.32 Å². The third-order valence-corrected chi connectivity index (χ3v) is 3.56. The fourth-order valence-corrected chi connectivity index (χ4v) is 2.51. The topological polar surface area (TPSA) is 49.3 Å². The molecule has 19 heavy (non-hydrogen) atoms. The summed E-state index contributed by atoms with van der Waals surface area (Å²) < 4.78 is 0.824. The molecule has 2 aromatic rings. The van der Waals surface area contributed by atoms with Gasteiger partial charge in [-0.2, -0.15) is 0 Å². The Bertz CT molecular complexity index is 596. The highest BCUT2D eigenvalue weighted by molar-refractivity contribution is 9.10. The molecule has 0 aliphatic carbocycles. The first-order valence-corrected chi connectivity index (χ1v) is 6.76. The van der Waals surface area contributed by atoms with E-state index in [9.17, 15) is 4.79 Å². The van der Waals surface area contributed by atoms with E-state index in [2.05, 4.69) is 21.2 Å². The van der Waals surface area contributed by atoms with Gasteiger partial charge in [-0.1, -0.05) is 35.9 Å². The molecule has 2 rings (SSSR count). The number of anilines is 2. The number of carboxylic acid groups (broad SMARTS) is 1. The van der Waals surface area contributed by atoms with E-state index >= 15 is 0 Å². The molecular weight excluding hydrogens is 330 g/mol. The zero-order chi connectivity index (χ0) is 13.8. The molecule has 0 fully saturated rings. The maximum absolute atomic E-state index is 10.8. The van der Waals surface area contributed by atoms with Crippen LogP contribution in [0, 0.1) is 0 Å². The third kappa shape index (κ3) is 3.49. The number of hydrogen-bond donors (Lipinski definition) is 2. The van der Waals surface area contributed by atoms with Gasteiger partial charge in [-0.25, -0.2) is 0 Å². The van der Waals surface area contributed by atoms with Crippen LogP contribution in [0.1, 0.15) is 5.56 Å². The van der Waals surface area contributed by atoms with E-state index in [1.165, 1.54) is 0 Å². The molecule has 0 amide bonds. The first kappa shape index (κ1) is 13.9. The second kappa shape index (κ2) is 6.08. The summed E-state index contributed by atoms with van der Waals surface area (Å²) in [5.41, 5.74) is 2.17. The molecule has 0 bridgehead atoms. The number of para-hydroxylation sites is 2. The fraction of sp³-hybridized carbons (Fsp3) is 0.0714. The van der Waals surface area contributed by atoms with Crippen molar-refractivity contribution in [1.29, 1.82) is 0 Å². The molecule has 5 heteroatoms. The molecule has 0 saturated carbocycles. The predicted molar refractivity (Wildman–Crippen MR) is 80.2 cm³/mol. The minimum Gasteiger partial charge on any atom is -0.481 e. The third-order valence-electron chi connectivity index (χ3n) is 2.58. The van der Waals surface area contributed by atoms with Gasteiger partial charge in [0.05, 0.1) is 17.1 Å². The molecule has 3 nitrogen and oxygen atoms in total. The smallest absolute Gasteiger partial charge is 0.307 e. The summed E-state index contributed by atoms with van der Waals surface area (Å²) in [6, 6.07) is 12.7. The summed E-state index contributed by atoms with van der Waals surface area (Å²) in [6.07, 6.45) is -0.0365. The zero-order valence-electron chi connectivity index (χ0n) is 9.86. The minimum absolute atomic E-state index is 0.0365. The van der Waals surface area contributed by atoms with Crippen LogP contribution in [0.25, 0.3) is 0 Å². The summed E-state index contributed by atoms with van der Waals surface area (Å²) in [7, 11) is 0. The van der Waals surface area contributed by atoms with E-state index in [1.54, 1.807) is 12.1 Å². The second-order valence-electron chi connectivity index (χ2n) is 3.95. The lowest BCUT2D eigenvalue weighted by Crippen LogP contribution is -2.04. The van der Waals surface area contributed by atoms with Gasteiger partial charge in [-0.3, -0.25) is 4.79 Å². The molecule has 0 aliphatic rings. The maximum atomic E-state index is 10.8. The predicted octanol–water partition coefficient (Wildman–Crippen LogP) is 4.47. The quantitative estimate of drug-likeness (QED) is 0.863. The Morgan fingerprint density at radius 1 is 1.21 bits per heavy atom. The number of halogens is 2. The van der Waals surface area contributed by atoms with Gasteiger partial charge in [0.15, 0.2) is 0 Å². The number of hydrogen-bond acceptors (Lipinski definition) is 2. The Labute approximate surface area is 124 Å². The normalized spacial score (nSPS) is 10.2. The van der Waals surface area contributed by atoms with Crippen molar-refractivity contribution in [3.8, 4) is 0 Å². The van der Waals surface area contributed by atoms with Crippen LogP contribution in [0.15, 0.2) is 46.9 Å². The summed E-state index contributed by atoms with van der Waals surface area (Å²) >= 11 is 9.55. The number of aliphatic carboxylic acids is 1. The van der Waals surface area contributed by atoms with Gasteiger partial charge in [0.1, 0.15) is 0 Å². The van der Waals surface area contributed by atoms with E-state index in [-0.39, 0.29) is 6.42 Å². The summed E-state index contributed by atoms with van der Waals surface area (Å²) in [6.45, 7) is 0. The number of carbonyl (C=O) groups is 1. The second-order valence-corrected chi connectivity index (χ2v) is 5.21. The molecule has 0 heterocycles. The Balaban J connectivity index is 2.36. The largest absolute Gasteiger partial charge is 0.481 e. The average Bonchev–Trinajstić information content (AvgIpc) is 2.35. The van der Waals surface area contributed by atoms with Gasteiger partial charge in [0.2, 0.25) is 0 Å². The van der Waals surface area contributed by atoms with Crippen molar-refractivity contribution in [3.63, 3.8) is 0 Å². The molecule has 2 aromatic carbocycles. The Morgan fingerprint density at radius 3 is 2.63 bits per heavy atom. The lowest BCUT2D eigenvalue weighted by molar-refractivity contribution is -0.136. The van der Waals surface area contributed by atoms with Crippen molar-refractivity contribution >= 4 is 44.9 Å². The number of carboxylic acids is 1. The van der Waals surface area contributed by atoms with Crippen LogP contribution in [0.5, 0.6) is 0 Å². The van der Waals surface area contributed by atoms with Crippen LogP contribution >= 0.6 is 27.5 Å². The molecule has 0 spiro atoms. The molecule has 98 valence electrons. The number of benzene rings is 2. The lowest BCUT2D eigenvalue weighted by Gasteiger charge is -2.13. The molecule has 0 aliphatic heterocycles. The first-order valence-electron chi connectivity index (χ1n) is 5.58. The van der Waals surface area contributed by atoms with Crippen LogP contribution in [0.4, 0.5) is 11.4 Å². The van der Waals surface area contributed by atoms with E-state index in [0.29, 0.717) is 10.6 Å². The summed E-state index contributed by atoms with van der Waals surface area (Å²) in [4.78, 5) is 10.8. The van der Waals surface area contributed by atoms with Gasteiger partial charge in [-0.05, 0) is 39.7 Å². The lowest BCUT2D eigenvalue weighted by atomic mass is 10.1. The van der Waals surface area contributed by atoms with E-state index in [0.717, 1.165) is 15.8 Å². The molecule has 0 aromatic heterocycles. The van der Waals surface area contributed by atoms with E-state index in [1.807, 2.05) is 30.3 Å². The van der Waals surface area contributed by atoms with Crippen LogP contribution in [0.3, 0.4) is 0 Å². The highest BCUT2D eigenvalue weighted by atomic mass is 79.9. The molecular formula is C14H11BrClNO2. The van der Waals surface area contributed by atoms with Crippen molar-refractivity contribution in [3.05, 3.63) is 57.5 Å². The fourth-order valence-electron chi connectivity index (χ4n) is 1.71. The Kier molecular flexibility index (Phi) is 4.45. The minimum atomic E-state index is -0.868. The number of nitrogens with one attached hydrogen (secondary N) is 1. The highest BCUT2D eigenvalue weighted by Gasteiger charge is 2.10. The van der Waals surface area contributed by atoms with Crippen molar-refractivity contribution < 1.29 is 9.90 Å². The molecule has 0 atom stereocenters. The summed E-state index contributed by atoms with van der Waals surface area (Å²) in [5, 5.41) is 12.6. The first-order chi connectivity index (χ1) is 9.08. The van der Waals surface area contributed by atoms with Gasteiger partial charge in [-0.15, -0.1) is 0 Å². The Morgan fingerprint density at radius 2 is 1.95 bits per heavy atom. The number of rotatable bonds is 4. The summed E-state index contributed by atoms with van der Waals surface area (Å²) in [5.74, 6) is -0.868. The molecule has 0 saturated heterocycles. The average molecular weight is 341 g/mol.